The number of methoxy groups -OCH3 is 1. The van der Waals surface area contributed by atoms with Crippen molar-refractivity contribution in [3.63, 3.8) is 0 Å². The number of nitrogens with one attached hydrogen (secondary N) is 2. The van der Waals surface area contributed by atoms with E-state index in [2.05, 4.69) is 15.6 Å². The number of imide groups is 1. The van der Waals surface area contributed by atoms with E-state index in [1.165, 1.54) is 11.8 Å². The number of amides is 2. The summed E-state index contributed by atoms with van der Waals surface area (Å²) in [4.78, 5) is 27.9. The summed E-state index contributed by atoms with van der Waals surface area (Å²) in [5.74, 6) is 0.318. The molecule has 140 valence electrons. The van der Waals surface area contributed by atoms with Crippen molar-refractivity contribution in [2.75, 3.05) is 19.0 Å². The van der Waals surface area contributed by atoms with Gasteiger partial charge in [-0.2, -0.15) is 0 Å². The predicted octanol–water partition coefficient (Wildman–Crippen LogP) is 2.85. The maximum Gasteiger partial charge on any atom is 0.240 e. The summed E-state index contributed by atoms with van der Waals surface area (Å²) in [5, 5.41) is 5.76. The molecule has 0 spiro atoms. The van der Waals surface area contributed by atoms with Crippen LogP contribution in [0.5, 0.6) is 5.75 Å². The predicted molar refractivity (Wildman–Crippen MR) is 108 cm³/mol. The Morgan fingerprint density at radius 2 is 1.93 bits per heavy atom. The van der Waals surface area contributed by atoms with Gasteiger partial charge in [0.1, 0.15) is 11.0 Å². The second-order valence-corrected chi connectivity index (χ2v) is 7.19. The van der Waals surface area contributed by atoms with E-state index in [4.69, 9.17) is 4.74 Å². The molecular formula is C20H21N3O3S. The highest BCUT2D eigenvalue weighted by Gasteiger charge is 2.32. The molecule has 1 fully saturated rings. The summed E-state index contributed by atoms with van der Waals surface area (Å²) in [5.41, 5.74) is 2.04. The molecule has 0 aromatic heterocycles. The maximum atomic E-state index is 11.9. The summed E-state index contributed by atoms with van der Waals surface area (Å²) in [6.45, 7) is 0.566. The van der Waals surface area contributed by atoms with Crippen LogP contribution in [0.3, 0.4) is 0 Å². The van der Waals surface area contributed by atoms with Gasteiger partial charge in [-0.15, -0.1) is 0 Å². The quantitative estimate of drug-likeness (QED) is 0.456. The van der Waals surface area contributed by atoms with Crippen molar-refractivity contribution >= 4 is 34.4 Å². The van der Waals surface area contributed by atoms with Crippen molar-refractivity contribution in [2.45, 2.75) is 18.1 Å². The smallest absolute Gasteiger partial charge is 0.240 e. The van der Waals surface area contributed by atoms with E-state index in [0.29, 0.717) is 11.7 Å². The second-order valence-electron chi connectivity index (χ2n) is 6.00. The lowest BCUT2D eigenvalue weighted by Gasteiger charge is -2.12. The van der Waals surface area contributed by atoms with E-state index in [-0.39, 0.29) is 18.2 Å². The third-order valence-electron chi connectivity index (χ3n) is 4.02. The third kappa shape index (κ3) is 5.59. The summed E-state index contributed by atoms with van der Waals surface area (Å²) in [6, 6.07) is 17.5. The fourth-order valence-corrected chi connectivity index (χ4v) is 3.60. The lowest BCUT2D eigenvalue weighted by Crippen LogP contribution is -2.25. The fourth-order valence-electron chi connectivity index (χ4n) is 2.59. The third-order valence-corrected chi connectivity index (χ3v) is 5.14. The number of ether oxygens (including phenoxy) is 1. The Kier molecular flexibility index (Phi) is 6.49. The molecule has 0 radical (unpaired) electrons. The molecule has 1 atom stereocenters. The van der Waals surface area contributed by atoms with E-state index in [0.717, 1.165) is 23.4 Å². The summed E-state index contributed by atoms with van der Waals surface area (Å²) < 4.78 is 5.17. The molecule has 27 heavy (non-hydrogen) atoms. The number of thioether (sulfide) groups is 1. The Morgan fingerprint density at radius 3 is 2.56 bits per heavy atom. The number of amidine groups is 1. The highest BCUT2D eigenvalue weighted by atomic mass is 32.2. The van der Waals surface area contributed by atoms with E-state index in [1.807, 2.05) is 54.6 Å². The average molecular weight is 383 g/mol. The van der Waals surface area contributed by atoms with E-state index < -0.39 is 5.25 Å². The molecule has 1 heterocycles. The van der Waals surface area contributed by atoms with Crippen LogP contribution in [0.4, 0.5) is 5.69 Å². The molecule has 3 rings (SSSR count). The van der Waals surface area contributed by atoms with Crippen LogP contribution < -0.4 is 15.4 Å². The highest BCUT2D eigenvalue weighted by molar-refractivity contribution is 8.15. The van der Waals surface area contributed by atoms with Crippen LogP contribution in [-0.4, -0.2) is 35.9 Å². The second kappa shape index (κ2) is 9.23. The molecule has 6 nitrogen and oxygen atoms in total. The van der Waals surface area contributed by atoms with Gasteiger partial charge in [-0.05, 0) is 36.2 Å². The van der Waals surface area contributed by atoms with Crippen molar-refractivity contribution in [3.8, 4) is 5.75 Å². The first kappa shape index (κ1) is 19.0. The number of carbonyl (C=O) groups excluding carboxylic acids is 2. The Balaban J connectivity index is 1.66. The number of benzene rings is 2. The van der Waals surface area contributed by atoms with Crippen molar-refractivity contribution < 1.29 is 14.3 Å². The van der Waals surface area contributed by atoms with Crippen LogP contribution >= 0.6 is 11.8 Å². The number of para-hydroxylation sites is 1. The average Bonchev–Trinajstić information content (AvgIpc) is 3.00. The molecular weight excluding hydrogens is 362 g/mol. The molecule has 2 amide bonds. The molecule has 7 heteroatoms. The minimum absolute atomic E-state index is 0.178. The Hall–Kier alpha value is -2.80. The van der Waals surface area contributed by atoms with Crippen molar-refractivity contribution in [1.82, 2.24) is 5.32 Å². The molecule has 1 saturated heterocycles. The zero-order valence-corrected chi connectivity index (χ0v) is 15.8. The van der Waals surface area contributed by atoms with Gasteiger partial charge in [0.05, 0.1) is 7.11 Å². The molecule has 0 bridgehead atoms. The molecule has 1 aliphatic heterocycles. The van der Waals surface area contributed by atoms with Crippen LogP contribution in [0, 0.1) is 0 Å². The fraction of sp³-hybridized carbons (Fsp3) is 0.250. The molecule has 0 aliphatic carbocycles. The normalized spacial score (nSPS) is 16.9. The van der Waals surface area contributed by atoms with Crippen molar-refractivity contribution in [2.24, 2.45) is 4.99 Å². The number of hydrogen-bond acceptors (Lipinski definition) is 5. The number of rotatable bonds is 6. The van der Waals surface area contributed by atoms with Gasteiger partial charge in [-0.1, -0.05) is 42.1 Å². The lowest BCUT2D eigenvalue weighted by molar-refractivity contribution is -0.124. The molecule has 1 aliphatic rings. The standard InChI is InChI=1S/C20H21N3O3S/c1-26-16-9-7-14(8-10-16)11-12-21-20(22-15-5-3-2-4-6-15)27-17-13-18(24)23-19(17)25/h2-10,17H,11-13H2,1H3,(H,21,22)(H,23,24,25). The van der Waals surface area contributed by atoms with Crippen molar-refractivity contribution in [1.29, 1.82) is 0 Å². The maximum absolute atomic E-state index is 11.9. The molecule has 2 aromatic carbocycles. The Morgan fingerprint density at radius 1 is 1.19 bits per heavy atom. The van der Waals surface area contributed by atoms with Gasteiger partial charge in [0.15, 0.2) is 5.17 Å². The van der Waals surface area contributed by atoms with Crippen LogP contribution in [0.1, 0.15) is 12.0 Å². The van der Waals surface area contributed by atoms with Gasteiger partial charge in [-0.25, -0.2) is 0 Å². The van der Waals surface area contributed by atoms with E-state index in [9.17, 15) is 9.59 Å². The largest absolute Gasteiger partial charge is 0.497 e. The monoisotopic (exact) mass is 383 g/mol. The molecule has 0 saturated carbocycles. The Bertz CT molecular complexity index is 822. The van der Waals surface area contributed by atoms with E-state index >= 15 is 0 Å². The lowest BCUT2D eigenvalue weighted by atomic mass is 10.1. The highest BCUT2D eigenvalue weighted by Crippen LogP contribution is 2.22. The summed E-state index contributed by atoms with van der Waals surface area (Å²) in [6.07, 6.45) is 0.942. The van der Waals surface area contributed by atoms with Gasteiger partial charge in [0, 0.05) is 18.7 Å². The van der Waals surface area contributed by atoms with Gasteiger partial charge in [0.25, 0.3) is 0 Å². The summed E-state index contributed by atoms with van der Waals surface area (Å²) >= 11 is 1.29. The zero-order valence-electron chi connectivity index (χ0n) is 15.0. The van der Waals surface area contributed by atoms with Gasteiger partial charge in [0.2, 0.25) is 11.8 Å². The van der Waals surface area contributed by atoms with Gasteiger partial charge >= 0.3 is 0 Å². The summed E-state index contributed by atoms with van der Waals surface area (Å²) in [7, 11) is 1.64. The first-order chi connectivity index (χ1) is 13.1. The minimum atomic E-state index is -0.451. The number of aliphatic imine (C=N–C) groups is 1. The zero-order chi connectivity index (χ0) is 19.1. The van der Waals surface area contributed by atoms with Crippen LogP contribution in [0.15, 0.2) is 59.6 Å². The van der Waals surface area contributed by atoms with Gasteiger partial charge in [-0.3, -0.25) is 19.9 Å². The Labute approximate surface area is 162 Å². The van der Waals surface area contributed by atoms with Gasteiger partial charge < -0.3 is 10.1 Å². The molecule has 2 N–H and O–H groups in total. The van der Waals surface area contributed by atoms with E-state index in [1.54, 1.807) is 7.11 Å². The van der Waals surface area contributed by atoms with Crippen LogP contribution in [0.25, 0.3) is 0 Å². The van der Waals surface area contributed by atoms with Crippen molar-refractivity contribution in [3.05, 3.63) is 60.2 Å². The SMILES string of the molecule is COc1ccc(CCN=C(Nc2ccccc2)SC2CC(=O)NC2=O)cc1. The molecule has 2 aromatic rings. The first-order valence-corrected chi connectivity index (χ1v) is 9.52. The molecule has 1 unspecified atom stereocenters. The minimum Gasteiger partial charge on any atom is -0.497 e. The van der Waals surface area contributed by atoms with Crippen LogP contribution in [0.2, 0.25) is 0 Å². The number of nitrogens with zero attached hydrogens (tertiary/aromatic N) is 1. The number of hydrogen-bond donors (Lipinski definition) is 2. The topological polar surface area (TPSA) is 79.8 Å². The number of anilines is 1. The first-order valence-electron chi connectivity index (χ1n) is 8.64. The number of carbonyl (C=O) groups is 2. The van der Waals surface area contributed by atoms with Crippen LogP contribution in [-0.2, 0) is 16.0 Å².